The molecule has 0 spiro atoms. The monoisotopic (exact) mass is 311 g/mol. The Hall–Kier alpha value is -0.630. The quantitative estimate of drug-likeness (QED) is 0.762. The van der Waals surface area contributed by atoms with Crippen LogP contribution in [0.3, 0.4) is 0 Å². The second-order valence-electron chi connectivity index (χ2n) is 3.88. The van der Waals surface area contributed by atoms with Gasteiger partial charge in [0, 0.05) is 24.3 Å². The maximum atomic E-state index is 11.3. The zero-order valence-electron chi connectivity index (χ0n) is 10.00. The lowest BCUT2D eigenvalue weighted by Crippen LogP contribution is -2.27. The topological polar surface area (TPSA) is 71.5 Å². The SMILES string of the molecule is CN(CCc1ccccc1S(=O)(=O)Cl)S(C)(=O)=O. The Morgan fingerprint density at radius 3 is 2.22 bits per heavy atom. The highest BCUT2D eigenvalue weighted by Gasteiger charge is 2.16. The van der Waals surface area contributed by atoms with E-state index in [0.29, 0.717) is 5.56 Å². The third kappa shape index (κ3) is 4.24. The van der Waals surface area contributed by atoms with Crippen molar-refractivity contribution >= 4 is 29.8 Å². The second-order valence-corrected chi connectivity index (χ2v) is 8.50. The summed E-state index contributed by atoms with van der Waals surface area (Å²) in [6.07, 6.45) is 1.38. The molecule has 0 atom stereocenters. The number of benzene rings is 1. The predicted octanol–water partition coefficient (Wildman–Crippen LogP) is 1.05. The van der Waals surface area contributed by atoms with E-state index >= 15 is 0 Å². The summed E-state index contributed by atoms with van der Waals surface area (Å²) in [5.74, 6) is 0. The van der Waals surface area contributed by atoms with Gasteiger partial charge < -0.3 is 0 Å². The van der Waals surface area contributed by atoms with Gasteiger partial charge in [-0.2, -0.15) is 0 Å². The maximum absolute atomic E-state index is 11.3. The Kier molecular flexibility index (Phi) is 4.77. The molecule has 0 fully saturated rings. The zero-order chi connectivity index (χ0) is 14.0. The summed E-state index contributed by atoms with van der Waals surface area (Å²) in [7, 11) is -0.336. The van der Waals surface area contributed by atoms with Crippen molar-refractivity contribution in [2.75, 3.05) is 19.8 Å². The average Bonchev–Trinajstić information content (AvgIpc) is 2.23. The van der Waals surface area contributed by atoms with Crippen LogP contribution in [0.5, 0.6) is 0 Å². The van der Waals surface area contributed by atoms with Gasteiger partial charge in [0.1, 0.15) is 0 Å². The van der Waals surface area contributed by atoms with Crippen molar-refractivity contribution < 1.29 is 16.8 Å². The third-order valence-electron chi connectivity index (χ3n) is 2.50. The summed E-state index contributed by atoms with van der Waals surface area (Å²) >= 11 is 0. The fraction of sp³-hybridized carbons (Fsp3) is 0.400. The second kappa shape index (κ2) is 5.56. The van der Waals surface area contributed by atoms with Crippen LogP contribution < -0.4 is 0 Å². The Labute approximate surface area is 112 Å². The number of halogens is 1. The summed E-state index contributed by atoms with van der Waals surface area (Å²) in [4.78, 5) is 0.0218. The Morgan fingerprint density at radius 2 is 1.72 bits per heavy atom. The molecule has 18 heavy (non-hydrogen) atoms. The molecule has 102 valence electrons. The number of sulfonamides is 1. The number of likely N-dealkylation sites (N-methyl/N-ethyl adjacent to an activating group) is 1. The summed E-state index contributed by atoms with van der Waals surface area (Å²) in [5, 5.41) is 0. The minimum Gasteiger partial charge on any atom is -0.213 e. The first kappa shape index (κ1) is 15.4. The van der Waals surface area contributed by atoms with E-state index in [2.05, 4.69) is 0 Å². The highest BCUT2D eigenvalue weighted by atomic mass is 35.7. The van der Waals surface area contributed by atoms with Gasteiger partial charge in [0.2, 0.25) is 10.0 Å². The van der Waals surface area contributed by atoms with Crippen molar-refractivity contribution in [2.45, 2.75) is 11.3 Å². The molecule has 0 aliphatic rings. The standard InChI is InChI=1S/C10H14ClNO4S2/c1-12(17(2,13)14)8-7-9-5-3-4-6-10(9)18(11,15)16/h3-6H,7-8H2,1-2H3. The molecule has 0 aliphatic heterocycles. The molecule has 0 radical (unpaired) electrons. The molecule has 0 N–H and O–H groups in total. The summed E-state index contributed by atoms with van der Waals surface area (Å²) in [6, 6.07) is 6.27. The van der Waals surface area contributed by atoms with Crippen molar-refractivity contribution in [1.82, 2.24) is 4.31 Å². The molecule has 8 heteroatoms. The van der Waals surface area contributed by atoms with Crippen molar-refractivity contribution in [1.29, 1.82) is 0 Å². The molecule has 1 aromatic carbocycles. The van der Waals surface area contributed by atoms with Crippen LogP contribution in [0.1, 0.15) is 5.56 Å². The number of nitrogens with zero attached hydrogens (tertiary/aromatic N) is 1. The van der Waals surface area contributed by atoms with E-state index in [1.165, 1.54) is 13.1 Å². The molecule has 5 nitrogen and oxygen atoms in total. The van der Waals surface area contributed by atoms with Crippen LogP contribution >= 0.6 is 10.7 Å². The van der Waals surface area contributed by atoms with Gasteiger partial charge in [0.15, 0.2) is 0 Å². The zero-order valence-corrected chi connectivity index (χ0v) is 12.4. The smallest absolute Gasteiger partial charge is 0.213 e. The molecule has 0 saturated heterocycles. The van der Waals surface area contributed by atoms with E-state index in [9.17, 15) is 16.8 Å². The van der Waals surface area contributed by atoms with Crippen LogP contribution in [0.4, 0.5) is 0 Å². The fourth-order valence-corrected chi connectivity index (χ4v) is 2.99. The van der Waals surface area contributed by atoms with Crippen molar-refractivity contribution in [3.63, 3.8) is 0 Å². The van der Waals surface area contributed by atoms with Crippen molar-refractivity contribution in [3.05, 3.63) is 29.8 Å². The first-order valence-electron chi connectivity index (χ1n) is 5.06. The molecule has 1 aromatic rings. The lowest BCUT2D eigenvalue weighted by atomic mass is 10.1. The van der Waals surface area contributed by atoms with Gasteiger partial charge in [-0.05, 0) is 18.1 Å². The van der Waals surface area contributed by atoms with E-state index in [1.807, 2.05) is 0 Å². The highest BCUT2D eigenvalue weighted by molar-refractivity contribution is 8.13. The molecule has 0 unspecified atom stereocenters. The van der Waals surface area contributed by atoms with Gasteiger partial charge in [0.25, 0.3) is 9.05 Å². The Balaban J connectivity index is 2.94. The first-order valence-corrected chi connectivity index (χ1v) is 9.22. The lowest BCUT2D eigenvalue weighted by Gasteiger charge is -2.14. The van der Waals surface area contributed by atoms with Gasteiger partial charge >= 0.3 is 0 Å². The molecule has 0 aliphatic carbocycles. The van der Waals surface area contributed by atoms with Crippen molar-refractivity contribution in [3.8, 4) is 0 Å². The van der Waals surface area contributed by atoms with Gasteiger partial charge in [-0.1, -0.05) is 18.2 Å². The van der Waals surface area contributed by atoms with Gasteiger partial charge in [-0.15, -0.1) is 0 Å². The average molecular weight is 312 g/mol. The van der Waals surface area contributed by atoms with Gasteiger partial charge in [-0.25, -0.2) is 21.1 Å². The van der Waals surface area contributed by atoms with Crippen LogP contribution in [0, 0.1) is 0 Å². The van der Waals surface area contributed by atoms with E-state index in [1.54, 1.807) is 18.2 Å². The molecule has 1 rings (SSSR count). The minimum absolute atomic E-state index is 0.0218. The number of rotatable bonds is 5. The van der Waals surface area contributed by atoms with E-state index in [0.717, 1.165) is 10.6 Å². The fourth-order valence-electron chi connectivity index (χ4n) is 1.39. The number of hydrogen-bond donors (Lipinski definition) is 0. The molecule has 0 aromatic heterocycles. The normalized spacial score (nSPS) is 12.9. The van der Waals surface area contributed by atoms with Crippen LogP contribution in [-0.4, -0.2) is 41.0 Å². The molecule has 0 heterocycles. The minimum atomic E-state index is -3.81. The van der Waals surface area contributed by atoms with Gasteiger partial charge in [-0.3, -0.25) is 0 Å². The molecule has 0 amide bonds. The van der Waals surface area contributed by atoms with E-state index in [4.69, 9.17) is 10.7 Å². The summed E-state index contributed by atoms with van der Waals surface area (Å²) in [5.41, 5.74) is 0.503. The molecular formula is C10H14ClNO4S2. The van der Waals surface area contributed by atoms with Crippen molar-refractivity contribution in [2.24, 2.45) is 0 Å². The van der Waals surface area contributed by atoms with Crippen LogP contribution in [-0.2, 0) is 25.5 Å². The Morgan fingerprint density at radius 1 is 1.17 bits per heavy atom. The maximum Gasteiger partial charge on any atom is 0.261 e. The summed E-state index contributed by atoms with van der Waals surface area (Å²) in [6.45, 7) is 0.197. The summed E-state index contributed by atoms with van der Waals surface area (Å²) < 4.78 is 46.2. The molecule has 0 saturated carbocycles. The number of hydrogen-bond acceptors (Lipinski definition) is 4. The predicted molar refractivity (Wildman–Crippen MR) is 70.7 cm³/mol. The lowest BCUT2D eigenvalue weighted by molar-refractivity contribution is 0.477. The first-order chi connectivity index (χ1) is 8.12. The molecular weight excluding hydrogens is 298 g/mol. The van der Waals surface area contributed by atoms with Crippen LogP contribution in [0.15, 0.2) is 29.2 Å². The van der Waals surface area contributed by atoms with Gasteiger partial charge in [0.05, 0.1) is 11.2 Å². The van der Waals surface area contributed by atoms with Crippen LogP contribution in [0.25, 0.3) is 0 Å². The Bertz CT molecular complexity index is 625. The van der Waals surface area contributed by atoms with Crippen LogP contribution in [0.2, 0.25) is 0 Å². The van der Waals surface area contributed by atoms with E-state index < -0.39 is 19.1 Å². The van der Waals surface area contributed by atoms with E-state index in [-0.39, 0.29) is 17.9 Å². The largest absolute Gasteiger partial charge is 0.261 e. The molecule has 0 bridgehead atoms. The highest BCUT2D eigenvalue weighted by Crippen LogP contribution is 2.20. The third-order valence-corrected chi connectivity index (χ3v) is 5.23.